The molecule has 1 heterocycles. The van der Waals surface area contributed by atoms with Gasteiger partial charge in [-0.15, -0.1) is 0 Å². The molecule has 1 aliphatic heterocycles. The quantitative estimate of drug-likeness (QED) is 0.837. The molecule has 21 heavy (non-hydrogen) atoms. The summed E-state index contributed by atoms with van der Waals surface area (Å²) < 4.78 is 11.2. The molecule has 0 saturated carbocycles. The molecule has 1 saturated heterocycles. The van der Waals surface area contributed by atoms with E-state index in [0.29, 0.717) is 18.6 Å². The Morgan fingerprint density at radius 2 is 2.10 bits per heavy atom. The van der Waals surface area contributed by atoms with Crippen molar-refractivity contribution in [2.75, 3.05) is 39.9 Å². The normalized spacial score (nSPS) is 21.0. The standard InChI is InChI=1S/C17H28N2O2/c1-4-14(2)15-13-18-9-10-19(15)11-12-21-17-8-6-5-7-16(17)20-3/h5-8,14-15,18H,4,9-13H2,1-3H3. The zero-order valence-electron chi connectivity index (χ0n) is 13.5. The molecule has 1 aromatic rings. The summed E-state index contributed by atoms with van der Waals surface area (Å²) >= 11 is 0. The molecule has 1 aromatic carbocycles. The molecule has 4 heteroatoms. The van der Waals surface area contributed by atoms with Crippen LogP contribution in [0.1, 0.15) is 20.3 Å². The first-order valence-corrected chi connectivity index (χ1v) is 7.96. The van der Waals surface area contributed by atoms with Crippen molar-refractivity contribution in [2.45, 2.75) is 26.3 Å². The average molecular weight is 292 g/mol. The third-order valence-corrected chi connectivity index (χ3v) is 4.40. The van der Waals surface area contributed by atoms with Crippen molar-refractivity contribution in [3.63, 3.8) is 0 Å². The van der Waals surface area contributed by atoms with E-state index in [1.165, 1.54) is 6.42 Å². The monoisotopic (exact) mass is 292 g/mol. The van der Waals surface area contributed by atoms with E-state index < -0.39 is 0 Å². The van der Waals surface area contributed by atoms with Crippen molar-refractivity contribution in [3.8, 4) is 11.5 Å². The number of nitrogens with one attached hydrogen (secondary N) is 1. The van der Waals surface area contributed by atoms with Crippen LogP contribution in [0.2, 0.25) is 0 Å². The van der Waals surface area contributed by atoms with Gasteiger partial charge in [-0.25, -0.2) is 0 Å². The molecule has 2 rings (SSSR count). The van der Waals surface area contributed by atoms with Gasteiger partial charge >= 0.3 is 0 Å². The number of benzene rings is 1. The Bertz CT molecular complexity index is 425. The van der Waals surface area contributed by atoms with E-state index >= 15 is 0 Å². The van der Waals surface area contributed by atoms with Crippen LogP contribution < -0.4 is 14.8 Å². The van der Waals surface area contributed by atoms with E-state index in [-0.39, 0.29) is 0 Å². The molecule has 0 radical (unpaired) electrons. The highest BCUT2D eigenvalue weighted by molar-refractivity contribution is 5.39. The van der Waals surface area contributed by atoms with E-state index in [9.17, 15) is 0 Å². The molecule has 1 fully saturated rings. The predicted octanol–water partition coefficient (Wildman–Crippen LogP) is 2.39. The summed E-state index contributed by atoms with van der Waals surface area (Å²) in [7, 11) is 1.68. The van der Waals surface area contributed by atoms with Gasteiger partial charge in [0.05, 0.1) is 7.11 Å². The van der Waals surface area contributed by atoms with E-state index in [1.807, 2.05) is 24.3 Å². The van der Waals surface area contributed by atoms with Crippen molar-refractivity contribution in [3.05, 3.63) is 24.3 Å². The highest BCUT2D eigenvalue weighted by Gasteiger charge is 2.25. The summed E-state index contributed by atoms with van der Waals surface area (Å²) in [6.07, 6.45) is 1.22. The largest absolute Gasteiger partial charge is 0.493 e. The van der Waals surface area contributed by atoms with Crippen LogP contribution in [0, 0.1) is 5.92 Å². The number of hydrogen-bond donors (Lipinski definition) is 1. The Morgan fingerprint density at radius 1 is 1.33 bits per heavy atom. The smallest absolute Gasteiger partial charge is 0.161 e. The number of para-hydroxylation sites is 2. The second-order valence-electron chi connectivity index (χ2n) is 5.69. The Kier molecular flexibility index (Phi) is 6.33. The van der Waals surface area contributed by atoms with Crippen LogP contribution >= 0.6 is 0 Å². The minimum Gasteiger partial charge on any atom is -0.493 e. The zero-order chi connectivity index (χ0) is 15.1. The molecule has 0 aliphatic carbocycles. The lowest BCUT2D eigenvalue weighted by Gasteiger charge is -2.39. The molecule has 1 N–H and O–H groups in total. The molecule has 0 spiro atoms. The summed E-state index contributed by atoms with van der Waals surface area (Å²) in [5, 5.41) is 3.50. The van der Waals surface area contributed by atoms with Gasteiger partial charge in [-0.2, -0.15) is 0 Å². The lowest BCUT2D eigenvalue weighted by atomic mass is 9.96. The lowest BCUT2D eigenvalue weighted by molar-refractivity contribution is 0.0973. The predicted molar refractivity (Wildman–Crippen MR) is 86.2 cm³/mol. The van der Waals surface area contributed by atoms with Crippen LogP contribution in [0.4, 0.5) is 0 Å². The maximum absolute atomic E-state index is 5.91. The highest BCUT2D eigenvalue weighted by Crippen LogP contribution is 2.25. The Hall–Kier alpha value is -1.26. The summed E-state index contributed by atoms with van der Waals surface area (Å²) in [4.78, 5) is 2.56. The molecule has 0 bridgehead atoms. The van der Waals surface area contributed by atoms with Crippen molar-refractivity contribution in [1.29, 1.82) is 0 Å². The van der Waals surface area contributed by atoms with Gasteiger partial charge in [-0.1, -0.05) is 32.4 Å². The molecule has 2 atom stereocenters. The SMILES string of the molecule is CCC(C)C1CNCCN1CCOc1ccccc1OC. The molecule has 2 unspecified atom stereocenters. The minimum atomic E-state index is 0.616. The molecular weight excluding hydrogens is 264 g/mol. The van der Waals surface area contributed by atoms with Crippen LogP contribution in [0.5, 0.6) is 11.5 Å². The zero-order valence-corrected chi connectivity index (χ0v) is 13.5. The summed E-state index contributed by atoms with van der Waals surface area (Å²) in [5.74, 6) is 2.34. The van der Waals surface area contributed by atoms with Crippen LogP contribution in [0.25, 0.3) is 0 Å². The van der Waals surface area contributed by atoms with Gasteiger partial charge < -0.3 is 14.8 Å². The highest BCUT2D eigenvalue weighted by atomic mass is 16.5. The Labute approximate surface area is 128 Å². The summed E-state index contributed by atoms with van der Waals surface area (Å²) in [6.45, 7) is 9.53. The summed E-state index contributed by atoms with van der Waals surface area (Å²) in [5.41, 5.74) is 0. The summed E-state index contributed by atoms with van der Waals surface area (Å²) in [6, 6.07) is 8.45. The number of methoxy groups -OCH3 is 1. The van der Waals surface area contributed by atoms with Crippen LogP contribution in [0.15, 0.2) is 24.3 Å². The Morgan fingerprint density at radius 3 is 2.81 bits per heavy atom. The molecule has 4 nitrogen and oxygen atoms in total. The van der Waals surface area contributed by atoms with E-state index in [4.69, 9.17) is 9.47 Å². The lowest BCUT2D eigenvalue weighted by Crippen LogP contribution is -2.54. The van der Waals surface area contributed by atoms with Crippen molar-refractivity contribution < 1.29 is 9.47 Å². The van der Waals surface area contributed by atoms with E-state index in [2.05, 4.69) is 24.1 Å². The number of nitrogens with zero attached hydrogens (tertiary/aromatic N) is 1. The number of hydrogen-bond acceptors (Lipinski definition) is 4. The molecule has 0 amide bonds. The van der Waals surface area contributed by atoms with Crippen LogP contribution in [-0.4, -0.2) is 50.8 Å². The maximum atomic E-state index is 5.91. The van der Waals surface area contributed by atoms with Gasteiger partial charge in [-0.05, 0) is 18.1 Å². The third-order valence-electron chi connectivity index (χ3n) is 4.40. The van der Waals surface area contributed by atoms with Crippen LogP contribution in [-0.2, 0) is 0 Å². The van der Waals surface area contributed by atoms with E-state index in [1.54, 1.807) is 7.11 Å². The third kappa shape index (κ3) is 4.35. The van der Waals surface area contributed by atoms with Crippen LogP contribution in [0.3, 0.4) is 0 Å². The molecule has 1 aliphatic rings. The first kappa shape index (κ1) is 16.1. The fourth-order valence-corrected chi connectivity index (χ4v) is 2.89. The van der Waals surface area contributed by atoms with Crippen molar-refractivity contribution >= 4 is 0 Å². The van der Waals surface area contributed by atoms with E-state index in [0.717, 1.165) is 37.7 Å². The first-order chi connectivity index (χ1) is 10.3. The molecule has 118 valence electrons. The molecule has 0 aromatic heterocycles. The van der Waals surface area contributed by atoms with Gasteiger partial charge in [0.2, 0.25) is 0 Å². The second-order valence-corrected chi connectivity index (χ2v) is 5.69. The first-order valence-electron chi connectivity index (χ1n) is 7.96. The van der Waals surface area contributed by atoms with Crippen molar-refractivity contribution in [2.24, 2.45) is 5.92 Å². The van der Waals surface area contributed by atoms with Gasteiger partial charge in [0.25, 0.3) is 0 Å². The number of ether oxygens (including phenoxy) is 2. The average Bonchev–Trinajstić information content (AvgIpc) is 2.55. The number of piperazine rings is 1. The van der Waals surface area contributed by atoms with Crippen molar-refractivity contribution in [1.82, 2.24) is 10.2 Å². The van der Waals surface area contributed by atoms with Gasteiger partial charge in [0, 0.05) is 32.2 Å². The number of rotatable bonds is 7. The molecular formula is C17H28N2O2. The fraction of sp³-hybridized carbons (Fsp3) is 0.647. The Balaban J connectivity index is 1.86. The topological polar surface area (TPSA) is 33.7 Å². The van der Waals surface area contributed by atoms with Gasteiger partial charge in [-0.3, -0.25) is 4.90 Å². The van der Waals surface area contributed by atoms with Gasteiger partial charge in [0.1, 0.15) is 6.61 Å². The minimum absolute atomic E-state index is 0.616. The fourth-order valence-electron chi connectivity index (χ4n) is 2.89. The van der Waals surface area contributed by atoms with Gasteiger partial charge in [0.15, 0.2) is 11.5 Å². The second kappa shape index (κ2) is 8.25. The maximum Gasteiger partial charge on any atom is 0.161 e.